The van der Waals surface area contributed by atoms with Crippen LogP contribution in [0, 0.1) is 0 Å². The van der Waals surface area contributed by atoms with Gasteiger partial charge < -0.3 is 14.8 Å². The minimum Gasteiger partial charge on any atom is -0.496 e. The third-order valence-corrected chi connectivity index (χ3v) is 3.47. The molecule has 0 amide bonds. The molecular weight excluding hydrogens is 230 g/mol. The number of rotatable bonds is 3. The van der Waals surface area contributed by atoms with Crippen LogP contribution in [-0.4, -0.2) is 32.8 Å². The average molecular weight is 249 g/mol. The van der Waals surface area contributed by atoms with E-state index in [1.807, 2.05) is 18.2 Å². The van der Waals surface area contributed by atoms with Crippen molar-refractivity contribution in [3.8, 4) is 5.75 Å². The molecule has 0 aromatic heterocycles. The van der Waals surface area contributed by atoms with Crippen LogP contribution in [0.2, 0.25) is 0 Å². The van der Waals surface area contributed by atoms with E-state index in [0.29, 0.717) is 5.92 Å². The van der Waals surface area contributed by atoms with E-state index in [0.717, 1.165) is 25.1 Å². The molecule has 0 radical (unpaired) electrons. The first-order valence-electron chi connectivity index (χ1n) is 6.20. The minimum atomic E-state index is -0.210. The van der Waals surface area contributed by atoms with Crippen LogP contribution in [0.1, 0.15) is 24.3 Å². The second kappa shape index (κ2) is 5.87. The molecule has 0 aliphatic carbocycles. The van der Waals surface area contributed by atoms with Crippen molar-refractivity contribution in [2.75, 3.05) is 20.8 Å². The van der Waals surface area contributed by atoms with Gasteiger partial charge in [-0.3, -0.25) is 4.79 Å². The smallest absolute Gasteiger partial charge is 0.322 e. The lowest BCUT2D eigenvalue weighted by atomic mass is 9.86. The number of nitrogens with one attached hydrogen (secondary N) is 1. The number of hydrogen-bond acceptors (Lipinski definition) is 4. The third-order valence-electron chi connectivity index (χ3n) is 3.47. The van der Waals surface area contributed by atoms with Crippen molar-refractivity contribution in [3.63, 3.8) is 0 Å². The number of ether oxygens (including phenoxy) is 2. The van der Waals surface area contributed by atoms with Crippen LogP contribution < -0.4 is 10.1 Å². The van der Waals surface area contributed by atoms with Gasteiger partial charge in [-0.15, -0.1) is 0 Å². The predicted molar refractivity (Wildman–Crippen MR) is 68.8 cm³/mol. The van der Waals surface area contributed by atoms with E-state index >= 15 is 0 Å². The Balaban J connectivity index is 2.15. The number of carbonyl (C=O) groups excluding carboxylic acids is 1. The Hall–Kier alpha value is -1.55. The third kappa shape index (κ3) is 2.64. The molecule has 2 atom stereocenters. The van der Waals surface area contributed by atoms with Crippen molar-refractivity contribution >= 4 is 5.97 Å². The van der Waals surface area contributed by atoms with Gasteiger partial charge in [-0.25, -0.2) is 0 Å². The topological polar surface area (TPSA) is 47.6 Å². The normalized spacial score (nSPS) is 23.4. The van der Waals surface area contributed by atoms with Gasteiger partial charge in [-0.1, -0.05) is 18.2 Å². The molecule has 1 aliphatic rings. The molecule has 1 aliphatic heterocycles. The second-order valence-electron chi connectivity index (χ2n) is 4.49. The van der Waals surface area contributed by atoms with Gasteiger partial charge in [0.15, 0.2) is 0 Å². The highest BCUT2D eigenvalue weighted by Gasteiger charge is 2.29. The Labute approximate surface area is 107 Å². The summed E-state index contributed by atoms with van der Waals surface area (Å²) in [5, 5.41) is 3.19. The summed E-state index contributed by atoms with van der Waals surface area (Å²) in [6.45, 7) is 0.822. The summed E-state index contributed by atoms with van der Waals surface area (Å²) in [6.07, 6.45) is 1.76. The maximum Gasteiger partial charge on any atom is 0.322 e. The molecule has 4 heteroatoms. The fourth-order valence-corrected chi connectivity index (χ4v) is 2.53. The van der Waals surface area contributed by atoms with Gasteiger partial charge in [-0.05, 0) is 36.9 Å². The average Bonchev–Trinajstić information content (AvgIpc) is 2.46. The van der Waals surface area contributed by atoms with Gasteiger partial charge >= 0.3 is 5.97 Å². The van der Waals surface area contributed by atoms with E-state index in [-0.39, 0.29) is 12.0 Å². The molecule has 1 aromatic rings. The number of hydrogen-bond donors (Lipinski definition) is 1. The van der Waals surface area contributed by atoms with Crippen molar-refractivity contribution in [2.45, 2.75) is 24.8 Å². The van der Waals surface area contributed by atoms with Crippen LogP contribution in [-0.2, 0) is 9.53 Å². The largest absolute Gasteiger partial charge is 0.496 e. The van der Waals surface area contributed by atoms with Gasteiger partial charge in [0.25, 0.3) is 0 Å². The first-order valence-corrected chi connectivity index (χ1v) is 6.20. The first-order chi connectivity index (χ1) is 8.76. The van der Waals surface area contributed by atoms with Crippen molar-refractivity contribution in [3.05, 3.63) is 29.8 Å². The number of benzene rings is 1. The molecule has 1 aromatic carbocycles. The molecule has 1 saturated heterocycles. The van der Waals surface area contributed by atoms with Crippen molar-refractivity contribution in [2.24, 2.45) is 0 Å². The number of carbonyl (C=O) groups is 1. The summed E-state index contributed by atoms with van der Waals surface area (Å²) in [5.74, 6) is 1.05. The summed E-state index contributed by atoms with van der Waals surface area (Å²) >= 11 is 0. The van der Waals surface area contributed by atoms with Crippen molar-refractivity contribution in [1.82, 2.24) is 5.32 Å². The zero-order chi connectivity index (χ0) is 13.0. The summed E-state index contributed by atoms with van der Waals surface area (Å²) in [5.41, 5.74) is 1.18. The van der Waals surface area contributed by atoms with E-state index in [9.17, 15) is 4.79 Å². The molecule has 1 heterocycles. The second-order valence-corrected chi connectivity index (χ2v) is 4.49. The Bertz CT molecular complexity index is 419. The standard InChI is InChI=1S/C14H19NO3/c1-17-13-6-4-3-5-11(13)10-7-8-15-12(9-10)14(16)18-2/h3-6,10,12,15H,7-9H2,1-2H3/t10-,12+/m1/s1. The summed E-state index contributed by atoms with van der Waals surface area (Å²) < 4.78 is 10.2. The monoisotopic (exact) mass is 249 g/mol. The molecule has 1 fully saturated rings. The van der Waals surface area contributed by atoms with E-state index in [2.05, 4.69) is 11.4 Å². The zero-order valence-corrected chi connectivity index (χ0v) is 10.8. The van der Waals surface area contributed by atoms with Crippen LogP contribution in [0.25, 0.3) is 0 Å². The summed E-state index contributed by atoms with van der Waals surface area (Å²) in [4.78, 5) is 11.6. The van der Waals surface area contributed by atoms with E-state index < -0.39 is 0 Å². The molecule has 0 spiro atoms. The highest BCUT2D eigenvalue weighted by Crippen LogP contribution is 2.33. The quantitative estimate of drug-likeness (QED) is 0.828. The number of para-hydroxylation sites is 1. The summed E-state index contributed by atoms with van der Waals surface area (Å²) in [6, 6.07) is 7.79. The molecule has 98 valence electrons. The Morgan fingerprint density at radius 2 is 2.11 bits per heavy atom. The van der Waals surface area contributed by atoms with Gasteiger partial charge in [0.2, 0.25) is 0 Å². The van der Waals surface area contributed by atoms with Crippen LogP contribution in [0.4, 0.5) is 0 Å². The van der Waals surface area contributed by atoms with Crippen molar-refractivity contribution < 1.29 is 14.3 Å². The lowest BCUT2D eigenvalue weighted by Crippen LogP contribution is -2.43. The van der Waals surface area contributed by atoms with Gasteiger partial charge in [-0.2, -0.15) is 0 Å². The van der Waals surface area contributed by atoms with Crippen molar-refractivity contribution in [1.29, 1.82) is 0 Å². The van der Waals surface area contributed by atoms with Gasteiger partial charge in [0.1, 0.15) is 11.8 Å². The predicted octanol–water partition coefficient (Wildman–Crippen LogP) is 1.70. The lowest BCUT2D eigenvalue weighted by molar-refractivity contribution is -0.143. The van der Waals surface area contributed by atoms with E-state index in [1.165, 1.54) is 12.7 Å². The Morgan fingerprint density at radius 3 is 2.83 bits per heavy atom. The van der Waals surface area contributed by atoms with Crippen LogP contribution in [0.15, 0.2) is 24.3 Å². The van der Waals surface area contributed by atoms with Gasteiger partial charge in [0.05, 0.1) is 14.2 Å². The molecule has 0 saturated carbocycles. The summed E-state index contributed by atoms with van der Waals surface area (Å²) in [7, 11) is 3.11. The maximum atomic E-state index is 11.6. The fourth-order valence-electron chi connectivity index (χ4n) is 2.53. The number of esters is 1. The SMILES string of the molecule is COC(=O)[C@@H]1C[C@H](c2ccccc2OC)CCN1. The molecule has 0 bridgehead atoms. The fraction of sp³-hybridized carbons (Fsp3) is 0.500. The van der Waals surface area contributed by atoms with E-state index in [4.69, 9.17) is 9.47 Å². The highest BCUT2D eigenvalue weighted by molar-refractivity contribution is 5.75. The molecule has 0 unspecified atom stereocenters. The molecule has 2 rings (SSSR count). The minimum absolute atomic E-state index is 0.186. The Morgan fingerprint density at radius 1 is 1.33 bits per heavy atom. The molecule has 4 nitrogen and oxygen atoms in total. The van der Waals surface area contributed by atoms with E-state index in [1.54, 1.807) is 7.11 Å². The first kappa shape index (κ1) is 12.9. The highest BCUT2D eigenvalue weighted by atomic mass is 16.5. The van der Waals surface area contributed by atoms with Crippen LogP contribution >= 0.6 is 0 Å². The number of methoxy groups -OCH3 is 2. The van der Waals surface area contributed by atoms with Crippen LogP contribution in [0.5, 0.6) is 5.75 Å². The molecule has 18 heavy (non-hydrogen) atoms. The Kier molecular flexibility index (Phi) is 4.20. The molecule has 1 N–H and O–H groups in total. The molecular formula is C14H19NO3. The lowest BCUT2D eigenvalue weighted by Gasteiger charge is -2.29. The number of piperidine rings is 1. The van der Waals surface area contributed by atoms with Crippen LogP contribution in [0.3, 0.4) is 0 Å². The zero-order valence-electron chi connectivity index (χ0n) is 10.8. The maximum absolute atomic E-state index is 11.6. The van der Waals surface area contributed by atoms with Gasteiger partial charge in [0, 0.05) is 0 Å².